The number of imidazole rings is 1. The van der Waals surface area contributed by atoms with Crippen LogP contribution in [0, 0.1) is 5.92 Å². The van der Waals surface area contributed by atoms with Crippen LogP contribution in [-0.4, -0.2) is 24.4 Å². The largest absolute Gasteiger partial charge is 0.323 e. The van der Waals surface area contributed by atoms with Crippen molar-refractivity contribution in [1.29, 1.82) is 0 Å². The number of aromatic nitrogens is 2. The van der Waals surface area contributed by atoms with Crippen LogP contribution in [0.2, 0.25) is 0 Å². The molecule has 0 bridgehead atoms. The van der Waals surface area contributed by atoms with E-state index >= 15 is 0 Å². The number of aromatic amines is 2. The van der Waals surface area contributed by atoms with E-state index in [1.54, 1.807) is 6.07 Å². The van der Waals surface area contributed by atoms with Crippen molar-refractivity contribution in [2.24, 2.45) is 5.92 Å². The molecule has 2 aromatic rings. The lowest BCUT2D eigenvalue weighted by atomic mass is 10.0. The van der Waals surface area contributed by atoms with Gasteiger partial charge >= 0.3 is 5.69 Å². The average molecular weight is 325 g/mol. The normalized spacial score (nSPS) is 13.8. The van der Waals surface area contributed by atoms with Crippen LogP contribution in [0.25, 0.3) is 11.0 Å². The monoisotopic (exact) mass is 325 g/mol. The van der Waals surface area contributed by atoms with Gasteiger partial charge in [-0.15, -0.1) is 0 Å². The summed E-state index contributed by atoms with van der Waals surface area (Å²) in [4.78, 5) is 16.5. The van der Waals surface area contributed by atoms with Crippen LogP contribution in [0.15, 0.2) is 27.9 Å². The molecule has 0 saturated heterocycles. The fraction of sp³-hybridized carbons (Fsp3) is 0.533. The van der Waals surface area contributed by atoms with Crippen LogP contribution in [0.1, 0.15) is 40.0 Å². The van der Waals surface area contributed by atoms with Crippen LogP contribution in [-0.2, 0) is 10.0 Å². The number of hydrogen-bond acceptors (Lipinski definition) is 3. The lowest BCUT2D eigenvalue weighted by molar-refractivity contribution is 0.488. The number of hydrogen-bond donors (Lipinski definition) is 3. The second-order valence-corrected chi connectivity index (χ2v) is 7.85. The first-order valence-corrected chi connectivity index (χ1v) is 9.00. The minimum absolute atomic E-state index is 0.121. The van der Waals surface area contributed by atoms with Gasteiger partial charge in [0.25, 0.3) is 0 Å². The third kappa shape index (κ3) is 4.20. The fourth-order valence-electron chi connectivity index (χ4n) is 2.40. The first-order valence-electron chi connectivity index (χ1n) is 7.52. The Labute approximate surface area is 130 Å². The summed E-state index contributed by atoms with van der Waals surface area (Å²) in [5.41, 5.74) is 0.730. The van der Waals surface area contributed by atoms with Crippen molar-refractivity contribution in [3.8, 4) is 0 Å². The van der Waals surface area contributed by atoms with Gasteiger partial charge in [-0.2, -0.15) is 0 Å². The Bertz CT molecular complexity index is 790. The standard InChI is InChI=1S/C15H23N3O3S/c1-10(2)5-4-6-11(3)18-22(20,21)12-7-8-13-14(9-12)17-15(19)16-13/h7-11,18H,4-6H2,1-3H3,(H2,16,17,19)/t11-/m1/s1. The van der Waals surface area contributed by atoms with Gasteiger partial charge in [-0.1, -0.05) is 26.7 Å². The van der Waals surface area contributed by atoms with Crippen LogP contribution in [0.4, 0.5) is 0 Å². The van der Waals surface area contributed by atoms with Gasteiger partial charge in [0.05, 0.1) is 15.9 Å². The van der Waals surface area contributed by atoms with Gasteiger partial charge in [-0.05, 0) is 37.5 Å². The highest BCUT2D eigenvalue weighted by molar-refractivity contribution is 7.89. The van der Waals surface area contributed by atoms with E-state index in [0.29, 0.717) is 17.0 Å². The molecule has 0 aliphatic rings. The fourth-order valence-corrected chi connectivity index (χ4v) is 3.71. The molecule has 0 spiro atoms. The Balaban J connectivity index is 2.09. The van der Waals surface area contributed by atoms with E-state index in [4.69, 9.17) is 0 Å². The van der Waals surface area contributed by atoms with Crippen molar-refractivity contribution in [3.63, 3.8) is 0 Å². The summed E-state index contributed by atoms with van der Waals surface area (Å²) in [6.07, 6.45) is 2.88. The number of nitrogens with one attached hydrogen (secondary N) is 3. The minimum atomic E-state index is -3.58. The molecule has 0 saturated carbocycles. The smallest absolute Gasteiger partial charge is 0.306 e. The molecule has 0 fully saturated rings. The Morgan fingerprint density at radius 3 is 2.45 bits per heavy atom. The SMILES string of the molecule is CC(C)CCC[C@@H](C)NS(=O)(=O)c1ccc2[nH]c(=O)[nH]c2c1. The molecule has 0 unspecified atom stereocenters. The highest BCUT2D eigenvalue weighted by atomic mass is 32.2. The molecule has 2 rings (SSSR count). The van der Waals surface area contributed by atoms with Crippen molar-refractivity contribution in [2.45, 2.75) is 51.0 Å². The number of fused-ring (bicyclic) bond motifs is 1. The second-order valence-electron chi connectivity index (χ2n) is 6.13. The maximum Gasteiger partial charge on any atom is 0.323 e. The van der Waals surface area contributed by atoms with Crippen molar-refractivity contribution < 1.29 is 8.42 Å². The predicted molar refractivity (Wildman–Crippen MR) is 87.4 cm³/mol. The molecule has 1 aromatic carbocycles. The van der Waals surface area contributed by atoms with Crippen molar-refractivity contribution >= 4 is 21.1 Å². The number of H-pyrrole nitrogens is 2. The van der Waals surface area contributed by atoms with Crippen LogP contribution < -0.4 is 10.4 Å². The van der Waals surface area contributed by atoms with Crippen LogP contribution in [0.5, 0.6) is 0 Å². The molecule has 6 nitrogen and oxygen atoms in total. The van der Waals surface area contributed by atoms with E-state index in [9.17, 15) is 13.2 Å². The molecular weight excluding hydrogens is 302 g/mol. The van der Waals surface area contributed by atoms with Gasteiger partial charge in [-0.25, -0.2) is 17.9 Å². The molecule has 1 atom stereocenters. The molecular formula is C15H23N3O3S. The third-order valence-corrected chi connectivity index (χ3v) is 5.16. The summed E-state index contributed by atoms with van der Waals surface area (Å²) in [5, 5.41) is 0. The van der Waals surface area contributed by atoms with Crippen molar-refractivity contribution in [1.82, 2.24) is 14.7 Å². The molecule has 0 radical (unpaired) electrons. The Morgan fingerprint density at radius 2 is 1.77 bits per heavy atom. The molecule has 1 aromatic heterocycles. The van der Waals surface area contributed by atoms with Crippen molar-refractivity contribution in [2.75, 3.05) is 0 Å². The lowest BCUT2D eigenvalue weighted by Gasteiger charge is -2.15. The number of sulfonamides is 1. The molecule has 7 heteroatoms. The van der Waals surface area contributed by atoms with Gasteiger partial charge in [0.1, 0.15) is 0 Å². The molecule has 0 amide bonds. The predicted octanol–water partition coefficient (Wildman–Crippen LogP) is 2.35. The molecule has 122 valence electrons. The molecule has 0 aliphatic heterocycles. The van der Waals surface area contributed by atoms with E-state index in [1.165, 1.54) is 12.1 Å². The average Bonchev–Trinajstić information content (AvgIpc) is 2.76. The number of benzene rings is 1. The summed E-state index contributed by atoms with van der Waals surface area (Å²) >= 11 is 0. The minimum Gasteiger partial charge on any atom is -0.306 e. The summed E-state index contributed by atoms with van der Waals surface area (Å²) in [6, 6.07) is 4.43. The van der Waals surface area contributed by atoms with Gasteiger partial charge in [0.15, 0.2) is 0 Å². The maximum absolute atomic E-state index is 12.4. The van der Waals surface area contributed by atoms with Gasteiger partial charge in [0, 0.05) is 6.04 Å². The van der Waals surface area contributed by atoms with Crippen molar-refractivity contribution in [3.05, 3.63) is 28.7 Å². The summed E-state index contributed by atoms with van der Waals surface area (Å²) in [5.74, 6) is 0.622. The van der Waals surface area contributed by atoms with E-state index < -0.39 is 10.0 Å². The van der Waals surface area contributed by atoms with Gasteiger partial charge < -0.3 is 9.97 Å². The lowest BCUT2D eigenvalue weighted by Crippen LogP contribution is -2.32. The second kappa shape index (κ2) is 6.66. The summed E-state index contributed by atoms with van der Waals surface area (Å²) in [7, 11) is -3.58. The zero-order chi connectivity index (χ0) is 16.3. The topological polar surface area (TPSA) is 94.8 Å². The summed E-state index contributed by atoms with van der Waals surface area (Å²) < 4.78 is 27.4. The zero-order valence-electron chi connectivity index (χ0n) is 13.1. The molecule has 1 heterocycles. The van der Waals surface area contributed by atoms with E-state index in [-0.39, 0.29) is 16.6 Å². The highest BCUT2D eigenvalue weighted by Gasteiger charge is 2.18. The van der Waals surface area contributed by atoms with Crippen LogP contribution >= 0.6 is 0 Å². The molecule has 0 aliphatic carbocycles. The third-order valence-electron chi connectivity index (χ3n) is 3.57. The molecule has 3 N–H and O–H groups in total. The van der Waals surface area contributed by atoms with E-state index in [0.717, 1.165) is 19.3 Å². The first kappa shape index (κ1) is 16.8. The Kier molecular flexibility index (Phi) is 5.08. The molecule has 22 heavy (non-hydrogen) atoms. The summed E-state index contributed by atoms with van der Waals surface area (Å²) in [6.45, 7) is 6.18. The van der Waals surface area contributed by atoms with Crippen LogP contribution in [0.3, 0.4) is 0 Å². The van der Waals surface area contributed by atoms with Gasteiger partial charge in [-0.3, -0.25) is 0 Å². The number of rotatable bonds is 7. The quantitative estimate of drug-likeness (QED) is 0.729. The Morgan fingerprint density at radius 1 is 1.09 bits per heavy atom. The maximum atomic E-state index is 12.4. The zero-order valence-corrected chi connectivity index (χ0v) is 14.0. The van der Waals surface area contributed by atoms with E-state index in [2.05, 4.69) is 28.5 Å². The first-order chi connectivity index (χ1) is 10.3. The highest BCUT2D eigenvalue weighted by Crippen LogP contribution is 2.16. The van der Waals surface area contributed by atoms with E-state index in [1.807, 2.05) is 6.92 Å². The van der Waals surface area contributed by atoms with Gasteiger partial charge in [0.2, 0.25) is 10.0 Å². The Hall–Kier alpha value is -1.60.